The van der Waals surface area contributed by atoms with Crippen LogP contribution in [0.25, 0.3) is 16.1 Å². The number of carbonyl (C=O) groups is 2. The molecular weight excluding hydrogens is 461 g/mol. The van der Waals surface area contributed by atoms with Gasteiger partial charge in [-0.3, -0.25) is 9.20 Å². The van der Waals surface area contributed by atoms with Gasteiger partial charge in [-0.2, -0.15) is 4.39 Å². The number of amides is 1. The van der Waals surface area contributed by atoms with Gasteiger partial charge >= 0.3 is 5.97 Å². The van der Waals surface area contributed by atoms with Crippen molar-refractivity contribution in [3.05, 3.63) is 75.2 Å². The summed E-state index contributed by atoms with van der Waals surface area (Å²) in [5.41, 5.74) is 1.39. The maximum atomic E-state index is 14.7. The summed E-state index contributed by atoms with van der Waals surface area (Å²) in [7, 11) is 0. The summed E-state index contributed by atoms with van der Waals surface area (Å²) in [6.07, 6.45) is 1.47. The number of hydrogen-bond donors (Lipinski definition) is 2. The van der Waals surface area contributed by atoms with Crippen LogP contribution in [0.1, 0.15) is 26.4 Å². The molecule has 1 aromatic carbocycles. The highest BCUT2D eigenvalue weighted by Crippen LogP contribution is 2.36. The average Bonchev–Trinajstić information content (AvgIpc) is 3.25. The Morgan fingerprint density at radius 3 is 2.62 bits per heavy atom. The van der Waals surface area contributed by atoms with Crippen molar-refractivity contribution >= 4 is 50.5 Å². The Labute approximate surface area is 176 Å². The number of hydrogen-bond acceptors (Lipinski definition) is 4. The van der Waals surface area contributed by atoms with Crippen LogP contribution in [0.5, 0.6) is 0 Å². The Kier molecular flexibility index (Phi) is 4.93. The van der Waals surface area contributed by atoms with Crippen LogP contribution in [0, 0.1) is 12.9 Å². The Morgan fingerprint density at radius 2 is 1.97 bits per heavy atom. The summed E-state index contributed by atoms with van der Waals surface area (Å²) in [5.74, 6) is -2.81. The fourth-order valence-corrected chi connectivity index (χ4v) is 4.24. The average molecular weight is 474 g/mol. The molecule has 9 heteroatoms. The minimum Gasteiger partial charge on any atom is -0.478 e. The van der Waals surface area contributed by atoms with Gasteiger partial charge in [0.05, 0.1) is 10.6 Å². The molecule has 0 unspecified atom stereocenters. The lowest BCUT2D eigenvalue weighted by atomic mass is 10.1. The second kappa shape index (κ2) is 7.41. The van der Waals surface area contributed by atoms with Crippen LogP contribution in [0.2, 0.25) is 0 Å². The van der Waals surface area contributed by atoms with E-state index >= 15 is 0 Å². The predicted octanol–water partition coefficient (Wildman–Crippen LogP) is 5.22. The quantitative estimate of drug-likeness (QED) is 0.425. The van der Waals surface area contributed by atoms with Gasteiger partial charge in [0.2, 0.25) is 5.95 Å². The standard InChI is InChI=1S/C20H13BrFN3O3S/c1-10-3-2-8-25-17(22)15(24-18(10)25)19(26)23-13-9-29-16(14(13)20(27)28)11-4-6-12(21)7-5-11/h2-9H,1H3,(H,23,26)(H,27,28). The summed E-state index contributed by atoms with van der Waals surface area (Å²) in [5, 5.41) is 13.7. The smallest absolute Gasteiger partial charge is 0.339 e. The Bertz CT molecular complexity index is 1260. The van der Waals surface area contributed by atoms with Crippen molar-refractivity contribution in [2.24, 2.45) is 0 Å². The third kappa shape index (κ3) is 3.43. The van der Waals surface area contributed by atoms with Crippen LogP contribution in [0.4, 0.5) is 10.1 Å². The summed E-state index contributed by atoms with van der Waals surface area (Å²) < 4.78 is 16.7. The highest BCUT2D eigenvalue weighted by atomic mass is 79.9. The van der Waals surface area contributed by atoms with E-state index in [0.29, 0.717) is 21.7 Å². The van der Waals surface area contributed by atoms with Gasteiger partial charge in [-0.1, -0.05) is 34.1 Å². The van der Waals surface area contributed by atoms with E-state index in [2.05, 4.69) is 26.2 Å². The highest BCUT2D eigenvalue weighted by molar-refractivity contribution is 9.10. The van der Waals surface area contributed by atoms with E-state index in [1.807, 2.05) is 0 Å². The Balaban J connectivity index is 1.72. The van der Waals surface area contributed by atoms with E-state index < -0.39 is 23.5 Å². The van der Waals surface area contributed by atoms with Gasteiger partial charge in [0, 0.05) is 16.0 Å². The number of thiophene rings is 1. The third-order valence-corrected chi connectivity index (χ3v) is 5.92. The second-order valence-electron chi connectivity index (χ2n) is 6.26. The molecule has 0 spiro atoms. The van der Waals surface area contributed by atoms with Gasteiger partial charge in [-0.05, 0) is 36.2 Å². The molecule has 29 heavy (non-hydrogen) atoms. The van der Waals surface area contributed by atoms with E-state index in [-0.39, 0.29) is 11.3 Å². The summed E-state index contributed by atoms with van der Waals surface area (Å²) in [6.45, 7) is 1.76. The molecule has 0 atom stereocenters. The number of anilines is 1. The van der Waals surface area contributed by atoms with Gasteiger partial charge in [-0.25, -0.2) is 9.78 Å². The van der Waals surface area contributed by atoms with Crippen molar-refractivity contribution in [2.75, 3.05) is 5.32 Å². The molecule has 3 aromatic heterocycles. The van der Waals surface area contributed by atoms with Gasteiger partial charge in [-0.15, -0.1) is 11.3 Å². The lowest BCUT2D eigenvalue weighted by Gasteiger charge is -2.05. The van der Waals surface area contributed by atoms with Crippen LogP contribution in [0.15, 0.2) is 52.4 Å². The molecule has 0 aliphatic carbocycles. The molecule has 6 nitrogen and oxygen atoms in total. The first-order valence-corrected chi connectivity index (χ1v) is 10.1. The van der Waals surface area contributed by atoms with Crippen LogP contribution in [-0.4, -0.2) is 26.4 Å². The molecule has 0 fully saturated rings. The molecule has 2 N–H and O–H groups in total. The lowest BCUT2D eigenvalue weighted by Crippen LogP contribution is -2.16. The van der Waals surface area contributed by atoms with Gasteiger partial charge in [0.25, 0.3) is 5.91 Å². The first-order valence-electron chi connectivity index (χ1n) is 8.42. The molecule has 0 saturated heterocycles. The first kappa shape index (κ1) is 19.3. The largest absolute Gasteiger partial charge is 0.478 e. The molecule has 4 aromatic rings. The number of aromatic nitrogens is 2. The number of nitrogens with one attached hydrogen (secondary N) is 1. The summed E-state index contributed by atoms with van der Waals surface area (Å²) in [6, 6.07) is 10.6. The fraction of sp³-hybridized carbons (Fsp3) is 0.0500. The number of aromatic carboxylic acids is 1. The van der Waals surface area contributed by atoms with Crippen molar-refractivity contribution < 1.29 is 19.1 Å². The number of fused-ring (bicyclic) bond motifs is 1. The molecule has 1 amide bonds. The van der Waals surface area contributed by atoms with Crippen molar-refractivity contribution in [1.29, 1.82) is 0 Å². The van der Waals surface area contributed by atoms with Crippen LogP contribution >= 0.6 is 27.3 Å². The zero-order chi connectivity index (χ0) is 20.7. The van der Waals surface area contributed by atoms with E-state index in [0.717, 1.165) is 4.47 Å². The number of nitrogens with zero attached hydrogens (tertiary/aromatic N) is 2. The molecule has 0 bridgehead atoms. The van der Waals surface area contributed by atoms with Crippen molar-refractivity contribution in [1.82, 2.24) is 9.38 Å². The number of rotatable bonds is 4. The van der Waals surface area contributed by atoms with E-state index in [9.17, 15) is 19.1 Å². The molecule has 3 heterocycles. The number of halogens is 2. The SMILES string of the molecule is Cc1cccn2c(F)c(C(=O)Nc3csc(-c4ccc(Br)cc4)c3C(=O)O)nc12. The lowest BCUT2D eigenvalue weighted by molar-refractivity contribution is 0.0699. The number of carbonyl (C=O) groups excluding carboxylic acids is 1. The normalized spacial score (nSPS) is 11.0. The number of pyridine rings is 1. The molecule has 0 aliphatic rings. The zero-order valence-corrected chi connectivity index (χ0v) is 17.3. The monoisotopic (exact) mass is 473 g/mol. The van der Waals surface area contributed by atoms with Crippen molar-refractivity contribution in [3.63, 3.8) is 0 Å². The zero-order valence-electron chi connectivity index (χ0n) is 14.9. The minimum atomic E-state index is -1.19. The maximum Gasteiger partial charge on any atom is 0.339 e. The van der Waals surface area contributed by atoms with E-state index in [1.165, 1.54) is 27.3 Å². The highest BCUT2D eigenvalue weighted by Gasteiger charge is 2.25. The minimum absolute atomic E-state index is 0.0500. The molecule has 0 aliphatic heterocycles. The van der Waals surface area contributed by atoms with Crippen LogP contribution in [0.3, 0.4) is 0 Å². The van der Waals surface area contributed by atoms with E-state index in [4.69, 9.17) is 0 Å². The number of carboxylic acid groups (broad SMARTS) is 1. The van der Waals surface area contributed by atoms with Gasteiger partial charge in [0.1, 0.15) is 11.2 Å². The maximum absolute atomic E-state index is 14.7. The topological polar surface area (TPSA) is 83.7 Å². The van der Waals surface area contributed by atoms with Gasteiger partial charge < -0.3 is 10.4 Å². The van der Waals surface area contributed by atoms with E-state index in [1.54, 1.807) is 43.3 Å². The number of imidazole rings is 1. The number of benzene rings is 1. The second-order valence-corrected chi connectivity index (χ2v) is 8.05. The molecule has 146 valence electrons. The van der Waals surface area contributed by atoms with Crippen LogP contribution < -0.4 is 5.32 Å². The van der Waals surface area contributed by atoms with Crippen molar-refractivity contribution in [3.8, 4) is 10.4 Å². The Morgan fingerprint density at radius 1 is 1.24 bits per heavy atom. The van der Waals surface area contributed by atoms with Gasteiger partial charge in [0.15, 0.2) is 5.69 Å². The number of aryl methyl sites for hydroxylation is 1. The molecule has 0 saturated carbocycles. The molecule has 0 radical (unpaired) electrons. The van der Waals surface area contributed by atoms with Crippen molar-refractivity contribution in [2.45, 2.75) is 6.92 Å². The summed E-state index contributed by atoms with van der Waals surface area (Å²) in [4.78, 5) is 29.1. The summed E-state index contributed by atoms with van der Waals surface area (Å²) >= 11 is 4.52. The third-order valence-electron chi connectivity index (χ3n) is 4.36. The van der Waals surface area contributed by atoms with Crippen LogP contribution in [-0.2, 0) is 0 Å². The fourth-order valence-electron chi connectivity index (χ4n) is 2.98. The first-order chi connectivity index (χ1) is 13.9. The molecule has 4 rings (SSSR count). The predicted molar refractivity (Wildman–Crippen MR) is 112 cm³/mol. The Hall–Kier alpha value is -3.04. The molecular formula is C20H13BrFN3O3S. The number of carboxylic acids is 1.